The summed E-state index contributed by atoms with van der Waals surface area (Å²) in [4.78, 5) is 49.9. The topological polar surface area (TPSA) is 312 Å². The molecule has 4 aromatic heterocycles. The molecule has 13 rings (SSSR count). The van der Waals surface area contributed by atoms with E-state index in [1.165, 1.54) is 0 Å². The zero-order chi connectivity index (χ0) is 71.3. The van der Waals surface area contributed by atoms with Crippen LogP contribution in [-0.4, -0.2) is 157 Å². The number of hydrogen-bond donors (Lipinski definition) is 6. The van der Waals surface area contributed by atoms with Gasteiger partial charge in [-0.05, 0) is 233 Å². The van der Waals surface area contributed by atoms with E-state index in [9.17, 15) is 29.4 Å². The average Bonchev–Trinajstić information content (AvgIpc) is 0.815. The normalized spacial score (nSPS) is 25.8. The van der Waals surface area contributed by atoms with E-state index in [1.54, 1.807) is 122 Å². The SMILES string of the molecule is CC(C)(O)COc1ccc2c(C(=O)NC3CC4(C3)CC(Oc3cc(B5OC(C)(C)C(C)(C)O5)ccc3C(N)=O)C4)cnn2c1.CC(C)(O)COc1ccc2c(C(=O)NC3CC4(C3)CC(Oc3cc(Br)ccc3C(N)=O)C4)cnn2c1.CC1(C)OB(B2OC(C)(C)C(C)(C)O2)OC1(C)C. The van der Waals surface area contributed by atoms with E-state index in [4.69, 9.17) is 58.3 Å². The fourth-order valence-corrected chi connectivity index (χ4v) is 13.8. The molecule has 24 nitrogen and oxygen atoms in total. The molecule has 4 aliphatic carbocycles. The highest BCUT2D eigenvalue weighted by Crippen LogP contribution is 2.58. The number of pyridine rings is 2. The van der Waals surface area contributed by atoms with Crippen LogP contribution in [0.1, 0.15) is 204 Å². The number of benzene rings is 2. The molecule has 98 heavy (non-hydrogen) atoms. The van der Waals surface area contributed by atoms with E-state index in [1.807, 2.05) is 83.1 Å². The Labute approximate surface area is 582 Å². The summed E-state index contributed by atoms with van der Waals surface area (Å²) in [5.41, 5.74) is 11.0. The third kappa shape index (κ3) is 15.4. The Hall–Kier alpha value is -6.75. The van der Waals surface area contributed by atoms with Gasteiger partial charge in [0.1, 0.15) is 36.2 Å². The number of carbonyl (C=O) groups is 4. The number of carbonyl (C=O) groups excluding carboxylic acids is 4. The highest BCUT2D eigenvalue weighted by atomic mass is 79.9. The number of nitrogens with one attached hydrogen (secondary N) is 2. The monoisotopic (exact) mass is 1410 g/mol. The number of aromatic nitrogens is 4. The Morgan fingerprint density at radius 2 is 0.888 bits per heavy atom. The maximum atomic E-state index is 13.1. The first kappa shape index (κ1) is 72.5. The van der Waals surface area contributed by atoms with Crippen LogP contribution in [-0.2, 0) is 27.9 Å². The third-order valence-corrected chi connectivity index (χ3v) is 21.5. The zero-order valence-corrected chi connectivity index (χ0v) is 60.7. The largest absolute Gasteiger partial charge is 0.494 e. The van der Waals surface area contributed by atoms with Crippen LogP contribution in [0, 0.1) is 10.8 Å². The Balaban J connectivity index is 0.000000161. The van der Waals surface area contributed by atoms with E-state index in [2.05, 4.69) is 36.8 Å². The smallest absolute Gasteiger partial charge is 0.490 e. The zero-order valence-electron chi connectivity index (χ0n) is 59.1. The molecule has 0 bridgehead atoms. The molecule has 4 saturated carbocycles. The molecule has 0 atom stereocenters. The lowest BCUT2D eigenvalue weighted by molar-refractivity contribution is -0.0838. The summed E-state index contributed by atoms with van der Waals surface area (Å²) in [6, 6.07) is 17.8. The van der Waals surface area contributed by atoms with Crippen LogP contribution in [0.3, 0.4) is 0 Å². The number of primary amides is 2. The summed E-state index contributed by atoms with van der Waals surface area (Å²) in [5.74, 6) is 0.687. The van der Waals surface area contributed by atoms with E-state index < -0.39 is 55.4 Å². The summed E-state index contributed by atoms with van der Waals surface area (Å²) in [6.07, 6.45) is 13.4. The molecular formula is C70H94B3BrN8O16. The molecule has 28 heteroatoms. The van der Waals surface area contributed by atoms with Gasteiger partial charge in [0, 0.05) is 16.6 Å². The van der Waals surface area contributed by atoms with Gasteiger partial charge in [0.05, 0.1) is 115 Å². The number of halogens is 1. The number of nitrogens with two attached hydrogens (primary N) is 2. The van der Waals surface area contributed by atoms with E-state index in [0.29, 0.717) is 56.3 Å². The number of aliphatic hydroxyl groups is 2. The molecular weight excluding hydrogens is 1320 g/mol. The number of hydrogen-bond acceptors (Lipinski definition) is 18. The van der Waals surface area contributed by atoms with Gasteiger partial charge in [-0.25, -0.2) is 9.03 Å². The van der Waals surface area contributed by atoms with E-state index in [-0.39, 0.29) is 82.6 Å². The molecule has 0 radical (unpaired) electrons. The lowest BCUT2D eigenvalue weighted by Gasteiger charge is -2.57. The number of amides is 4. The van der Waals surface area contributed by atoms with Crippen molar-refractivity contribution < 1.29 is 76.3 Å². The van der Waals surface area contributed by atoms with Gasteiger partial charge >= 0.3 is 21.1 Å². The van der Waals surface area contributed by atoms with Crippen molar-refractivity contribution in [3.05, 3.63) is 112 Å². The quantitative estimate of drug-likeness (QED) is 0.0438. The van der Waals surface area contributed by atoms with Crippen LogP contribution in [0.5, 0.6) is 23.0 Å². The van der Waals surface area contributed by atoms with Crippen molar-refractivity contribution >= 4 is 77.2 Å². The van der Waals surface area contributed by atoms with Crippen molar-refractivity contribution in [2.45, 2.75) is 231 Å². The van der Waals surface area contributed by atoms with Crippen molar-refractivity contribution in [2.75, 3.05) is 13.2 Å². The van der Waals surface area contributed by atoms with Crippen LogP contribution in [0.15, 0.2) is 89.9 Å². The van der Waals surface area contributed by atoms with E-state index >= 15 is 0 Å². The fraction of sp³-hybridized carbons (Fsp3) is 0.571. The van der Waals surface area contributed by atoms with Gasteiger partial charge in [-0.2, -0.15) is 10.2 Å². The summed E-state index contributed by atoms with van der Waals surface area (Å²) in [7, 11) is -1.53. The first-order valence-corrected chi connectivity index (χ1v) is 34.4. The molecule has 7 aliphatic rings. The van der Waals surface area contributed by atoms with Crippen molar-refractivity contribution in [1.29, 1.82) is 0 Å². The molecule has 7 fully saturated rings. The van der Waals surface area contributed by atoms with Crippen molar-refractivity contribution in [2.24, 2.45) is 22.3 Å². The van der Waals surface area contributed by atoms with Gasteiger partial charge < -0.3 is 79.2 Å². The molecule has 3 saturated heterocycles. The van der Waals surface area contributed by atoms with Crippen molar-refractivity contribution in [3.63, 3.8) is 0 Å². The van der Waals surface area contributed by atoms with Crippen LogP contribution in [0.25, 0.3) is 11.0 Å². The lowest BCUT2D eigenvalue weighted by Crippen LogP contribution is -2.58. The standard InChI is InChI=1S/C32H41BN4O7.C26H29BrN4O5.C12H24B2O4/c1-29(2,40)18-41-21-8-10-25-24(16-35-37(25)17-21)28(39)36-20-12-32(13-20)14-22(15-32)42-26-11-19(7-9-23(26)27(34)38)33-43-30(3,4)31(5,6)44-33;1-25(2,34)14-35-17-4-6-21-20(12-29-31(21)13-17)24(33)30-16-8-26(9-16)10-18(11-26)36-22-7-15(27)3-5-19(22)23(28)32;1-9(2)10(3,4)16-13(15-9)14-17-11(5,6)12(7,8)18-14/h7-11,16-17,20,22,40H,12-15,18H2,1-6H3,(H2,34,38)(H,36,39);3-7,12-13,16,18,34H,8-11,14H2,1-2H3,(H2,28,32)(H,30,33);1-8H3. The van der Waals surface area contributed by atoms with Gasteiger partial charge in [0.25, 0.3) is 23.6 Å². The molecule has 7 heterocycles. The lowest BCUT2D eigenvalue weighted by atomic mass is 9.49. The third-order valence-electron chi connectivity index (χ3n) is 21.0. The first-order valence-electron chi connectivity index (χ1n) is 33.6. The average molecular weight is 1420 g/mol. The van der Waals surface area contributed by atoms with E-state index in [0.717, 1.165) is 61.3 Å². The minimum absolute atomic E-state index is 0.0292. The van der Waals surface area contributed by atoms with Crippen molar-refractivity contribution in [1.82, 2.24) is 29.9 Å². The Bertz CT molecular complexity index is 3920. The van der Waals surface area contributed by atoms with Gasteiger partial charge in [-0.15, -0.1) is 0 Å². The van der Waals surface area contributed by atoms with Crippen LogP contribution < -0.4 is 46.5 Å². The number of ether oxygens (including phenoxy) is 4. The van der Waals surface area contributed by atoms with Crippen molar-refractivity contribution in [3.8, 4) is 23.0 Å². The first-order chi connectivity index (χ1) is 45.4. The Morgan fingerprint density at radius 1 is 0.531 bits per heavy atom. The predicted molar refractivity (Wildman–Crippen MR) is 373 cm³/mol. The molecule has 8 N–H and O–H groups in total. The highest BCUT2D eigenvalue weighted by molar-refractivity contribution is 9.10. The molecule has 2 spiro atoms. The molecule has 2 aromatic carbocycles. The highest BCUT2D eigenvalue weighted by Gasteiger charge is 2.64. The second kappa shape index (κ2) is 26.0. The Kier molecular flexibility index (Phi) is 19.2. The minimum atomic E-state index is -0.955. The number of fused-ring (bicyclic) bond motifs is 2. The summed E-state index contributed by atoms with van der Waals surface area (Å²) >= 11 is 3.41. The van der Waals surface area contributed by atoms with Gasteiger partial charge in [-0.3, -0.25) is 19.2 Å². The van der Waals surface area contributed by atoms with Crippen LogP contribution in [0.4, 0.5) is 0 Å². The number of nitrogens with zero attached hydrogens (tertiary/aromatic N) is 4. The molecule has 3 aliphatic heterocycles. The maximum absolute atomic E-state index is 13.1. The molecule has 526 valence electrons. The Morgan fingerprint density at radius 3 is 1.26 bits per heavy atom. The van der Waals surface area contributed by atoms with Crippen LogP contribution >= 0.6 is 15.9 Å². The summed E-state index contributed by atoms with van der Waals surface area (Å²) < 4.78 is 63.9. The fourth-order valence-electron chi connectivity index (χ4n) is 13.4. The van der Waals surface area contributed by atoms with Crippen LogP contribution in [0.2, 0.25) is 0 Å². The second-order valence-electron chi connectivity index (χ2n) is 32.1. The van der Waals surface area contributed by atoms with Gasteiger partial charge in [0.15, 0.2) is 0 Å². The summed E-state index contributed by atoms with van der Waals surface area (Å²) in [5, 5.41) is 34.6. The predicted octanol–water partition coefficient (Wildman–Crippen LogP) is 8.72. The van der Waals surface area contributed by atoms with Gasteiger partial charge in [0.2, 0.25) is 0 Å². The minimum Gasteiger partial charge on any atom is -0.490 e. The molecule has 6 aromatic rings. The molecule has 4 amide bonds. The maximum Gasteiger partial charge on any atom is 0.494 e. The summed E-state index contributed by atoms with van der Waals surface area (Å²) in [6.45, 7) is 31.2. The van der Waals surface area contributed by atoms with Gasteiger partial charge in [-0.1, -0.05) is 22.0 Å². The second-order valence-corrected chi connectivity index (χ2v) is 33.0. The number of rotatable bonds is 18. The molecule has 0 unspecified atom stereocenters.